The number of hydrogen-bond acceptors (Lipinski definition) is 2. The van der Waals surface area contributed by atoms with Gasteiger partial charge in [-0.05, 0) is 22.0 Å². The summed E-state index contributed by atoms with van der Waals surface area (Å²) in [5.74, 6) is 0. The van der Waals surface area contributed by atoms with E-state index in [1.165, 1.54) is 6.07 Å². The van der Waals surface area contributed by atoms with Crippen molar-refractivity contribution in [3.63, 3.8) is 0 Å². The quantitative estimate of drug-likeness (QED) is 0.586. The fraction of sp³-hybridized carbons (Fsp3) is 0.250. The van der Waals surface area contributed by atoms with Crippen LogP contribution in [-0.2, 0) is 6.18 Å². The monoisotopic (exact) mass is 300 g/mol. The summed E-state index contributed by atoms with van der Waals surface area (Å²) < 4.78 is 61.0. The highest BCUT2D eigenvalue weighted by atomic mass is 79.9. The molecule has 1 aromatic heterocycles. The summed E-state index contributed by atoms with van der Waals surface area (Å²) in [6.07, 6.45) is -8.00. The van der Waals surface area contributed by atoms with E-state index in [9.17, 15) is 22.0 Å². The van der Waals surface area contributed by atoms with E-state index < -0.39 is 34.0 Å². The minimum absolute atomic E-state index is 0.175. The number of alkyl halides is 5. The second kappa shape index (κ2) is 4.33. The molecule has 0 amide bonds. The van der Waals surface area contributed by atoms with Crippen LogP contribution >= 0.6 is 15.9 Å². The van der Waals surface area contributed by atoms with E-state index in [4.69, 9.17) is 5.26 Å². The number of aromatic nitrogens is 1. The van der Waals surface area contributed by atoms with E-state index in [1.807, 2.05) is 0 Å². The lowest BCUT2D eigenvalue weighted by atomic mass is 10.1. The highest BCUT2D eigenvalue weighted by molar-refractivity contribution is 9.10. The molecule has 0 atom stereocenters. The van der Waals surface area contributed by atoms with Crippen LogP contribution in [0.3, 0.4) is 0 Å². The Balaban J connectivity index is 3.48. The normalized spacial score (nSPS) is 11.6. The van der Waals surface area contributed by atoms with Gasteiger partial charge in [0.2, 0.25) is 0 Å². The Morgan fingerprint density at radius 3 is 2.31 bits per heavy atom. The van der Waals surface area contributed by atoms with Crippen LogP contribution in [0.5, 0.6) is 0 Å². The molecule has 0 aliphatic carbocycles. The van der Waals surface area contributed by atoms with Crippen LogP contribution in [0.25, 0.3) is 0 Å². The maximum atomic E-state index is 12.4. The Morgan fingerprint density at radius 1 is 1.38 bits per heavy atom. The predicted molar refractivity (Wildman–Crippen MR) is 46.6 cm³/mol. The first-order chi connectivity index (χ1) is 7.27. The van der Waals surface area contributed by atoms with Gasteiger partial charge in [0, 0.05) is 5.56 Å². The molecular weight excluding hydrogens is 299 g/mol. The lowest BCUT2D eigenvalue weighted by Gasteiger charge is -2.10. The second-order valence-corrected chi connectivity index (χ2v) is 3.42. The molecule has 1 heterocycles. The minimum Gasteiger partial charge on any atom is -0.235 e. The molecule has 0 saturated heterocycles. The van der Waals surface area contributed by atoms with Crippen molar-refractivity contribution < 1.29 is 22.0 Å². The van der Waals surface area contributed by atoms with Crippen LogP contribution in [0, 0.1) is 11.3 Å². The number of nitriles is 1. The van der Waals surface area contributed by atoms with Gasteiger partial charge in [-0.2, -0.15) is 18.4 Å². The molecule has 0 aliphatic rings. The molecule has 0 fully saturated rings. The lowest BCUT2D eigenvalue weighted by Crippen LogP contribution is -2.10. The first kappa shape index (κ1) is 12.8. The molecule has 0 saturated carbocycles. The highest BCUT2D eigenvalue weighted by Crippen LogP contribution is 2.34. The molecular formula is C8H2BrF5N2. The zero-order chi connectivity index (χ0) is 12.5. The molecule has 86 valence electrons. The van der Waals surface area contributed by atoms with E-state index in [2.05, 4.69) is 20.9 Å². The van der Waals surface area contributed by atoms with Gasteiger partial charge in [-0.25, -0.2) is 13.8 Å². The Bertz CT molecular complexity index is 449. The van der Waals surface area contributed by atoms with Crippen LogP contribution in [0.2, 0.25) is 0 Å². The SMILES string of the molecule is N#Cc1c(C(F)F)cc(C(F)(F)F)nc1Br. The first-order valence-corrected chi connectivity index (χ1v) is 4.52. The van der Waals surface area contributed by atoms with Gasteiger partial charge in [0.1, 0.15) is 16.4 Å². The van der Waals surface area contributed by atoms with Crippen LogP contribution in [0.4, 0.5) is 22.0 Å². The molecule has 1 rings (SSSR count). The van der Waals surface area contributed by atoms with E-state index in [1.54, 1.807) is 0 Å². The van der Waals surface area contributed by atoms with E-state index in [0.29, 0.717) is 0 Å². The first-order valence-electron chi connectivity index (χ1n) is 3.73. The van der Waals surface area contributed by atoms with Gasteiger partial charge in [-0.1, -0.05) is 0 Å². The highest BCUT2D eigenvalue weighted by Gasteiger charge is 2.35. The summed E-state index contributed by atoms with van der Waals surface area (Å²) >= 11 is 2.55. The smallest absolute Gasteiger partial charge is 0.235 e. The van der Waals surface area contributed by atoms with Gasteiger partial charge in [-0.3, -0.25) is 0 Å². The largest absolute Gasteiger partial charge is 0.433 e. The molecule has 16 heavy (non-hydrogen) atoms. The summed E-state index contributed by atoms with van der Waals surface area (Å²) in [4.78, 5) is 2.99. The third-order valence-corrected chi connectivity index (χ3v) is 2.22. The lowest BCUT2D eigenvalue weighted by molar-refractivity contribution is -0.141. The van der Waals surface area contributed by atoms with Gasteiger partial charge in [-0.15, -0.1) is 0 Å². The minimum atomic E-state index is -4.83. The van der Waals surface area contributed by atoms with Gasteiger partial charge >= 0.3 is 6.18 Å². The average molecular weight is 301 g/mol. The van der Waals surface area contributed by atoms with Crippen molar-refractivity contribution in [2.75, 3.05) is 0 Å². The summed E-state index contributed by atoms with van der Waals surface area (Å²) in [7, 11) is 0. The molecule has 0 N–H and O–H groups in total. The maximum Gasteiger partial charge on any atom is 0.433 e. The molecule has 0 unspecified atom stereocenters. The van der Waals surface area contributed by atoms with Crippen molar-refractivity contribution in [3.8, 4) is 6.07 Å². The summed E-state index contributed by atoms with van der Waals surface area (Å²) in [5.41, 5.74) is -3.05. The third kappa shape index (κ3) is 2.47. The van der Waals surface area contributed by atoms with Crippen molar-refractivity contribution in [1.82, 2.24) is 4.98 Å². The molecule has 0 aliphatic heterocycles. The second-order valence-electron chi connectivity index (χ2n) is 2.67. The number of pyridine rings is 1. The average Bonchev–Trinajstić information content (AvgIpc) is 2.14. The molecule has 2 nitrogen and oxygen atoms in total. The van der Waals surface area contributed by atoms with Crippen LogP contribution in [0.15, 0.2) is 10.7 Å². The fourth-order valence-electron chi connectivity index (χ4n) is 0.960. The van der Waals surface area contributed by atoms with Crippen LogP contribution in [-0.4, -0.2) is 4.98 Å². The Morgan fingerprint density at radius 2 is 1.94 bits per heavy atom. The van der Waals surface area contributed by atoms with Gasteiger partial charge in [0.25, 0.3) is 6.43 Å². The summed E-state index contributed by atoms with van der Waals surface area (Å²) in [6.45, 7) is 0. The molecule has 0 radical (unpaired) electrons. The van der Waals surface area contributed by atoms with E-state index in [-0.39, 0.29) is 6.07 Å². The van der Waals surface area contributed by atoms with Crippen LogP contribution < -0.4 is 0 Å². The molecule has 1 aromatic rings. The number of nitrogens with zero attached hydrogens (tertiary/aromatic N) is 2. The van der Waals surface area contributed by atoms with E-state index in [0.717, 1.165) is 0 Å². The number of hydrogen-bond donors (Lipinski definition) is 0. The summed E-state index contributed by atoms with van der Waals surface area (Å²) in [6, 6.07) is 1.54. The predicted octanol–water partition coefficient (Wildman–Crippen LogP) is 3.67. The molecule has 0 spiro atoms. The van der Waals surface area contributed by atoms with Gasteiger partial charge in [0.05, 0.1) is 5.56 Å². The Hall–Kier alpha value is -1.23. The number of halogens is 6. The Kier molecular flexibility index (Phi) is 3.48. The molecule has 0 bridgehead atoms. The zero-order valence-electron chi connectivity index (χ0n) is 7.32. The molecule has 0 aromatic carbocycles. The third-order valence-electron chi connectivity index (χ3n) is 1.64. The molecule has 8 heteroatoms. The van der Waals surface area contributed by atoms with Crippen molar-refractivity contribution in [3.05, 3.63) is 27.5 Å². The van der Waals surface area contributed by atoms with E-state index >= 15 is 0 Å². The maximum absolute atomic E-state index is 12.4. The van der Waals surface area contributed by atoms with Crippen molar-refractivity contribution >= 4 is 15.9 Å². The van der Waals surface area contributed by atoms with Crippen molar-refractivity contribution in [1.29, 1.82) is 5.26 Å². The van der Waals surface area contributed by atoms with Crippen LogP contribution in [0.1, 0.15) is 23.2 Å². The fourth-order valence-corrected chi connectivity index (χ4v) is 1.47. The van der Waals surface area contributed by atoms with Gasteiger partial charge in [0.15, 0.2) is 0 Å². The zero-order valence-corrected chi connectivity index (χ0v) is 8.90. The van der Waals surface area contributed by atoms with Crippen molar-refractivity contribution in [2.45, 2.75) is 12.6 Å². The Labute approximate surface area is 94.8 Å². The standard InChI is InChI=1S/C8H2BrF5N2/c9-6-4(2-15)3(7(10)11)1-5(16-6)8(12,13)14/h1,7H. The number of rotatable bonds is 1. The summed E-state index contributed by atoms with van der Waals surface area (Å²) in [5, 5.41) is 8.51. The van der Waals surface area contributed by atoms with Gasteiger partial charge < -0.3 is 0 Å². The van der Waals surface area contributed by atoms with Crippen molar-refractivity contribution in [2.24, 2.45) is 0 Å². The topological polar surface area (TPSA) is 36.7 Å².